The lowest BCUT2D eigenvalue weighted by molar-refractivity contribution is -0.156. The fraction of sp³-hybridized carbons (Fsp3) is 0.457. The molecule has 1 aromatic heterocycles. The predicted molar refractivity (Wildman–Crippen MR) is 232 cm³/mol. The number of esters is 1. The molecule has 4 amide bonds. The lowest BCUT2D eigenvalue weighted by atomic mass is 9.96. The Morgan fingerprint density at radius 3 is 2.34 bits per heavy atom. The van der Waals surface area contributed by atoms with Crippen LogP contribution in [-0.4, -0.2) is 108 Å². The van der Waals surface area contributed by atoms with Crippen molar-refractivity contribution in [3.05, 3.63) is 101 Å². The van der Waals surface area contributed by atoms with Crippen LogP contribution < -0.4 is 14.9 Å². The number of thiophene rings is 1. The van der Waals surface area contributed by atoms with Crippen LogP contribution in [-0.2, 0) is 46.0 Å². The van der Waals surface area contributed by atoms with E-state index in [9.17, 15) is 28.5 Å². The first-order valence-electron chi connectivity index (χ1n) is 21.6. The average Bonchev–Trinajstić information content (AvgIpc) is 3.60. The number of carbonyl (C=O) groups is 5. The quantitative estimate of drug-likeness (QED) is 0.128. The highest BCUT2D eigenvalue weighted by Crippen LogP contribution is 2.50. The van der Waals surface area contributed by atoms with E-state index in [1.54, 1.807) is 47.1 Å². The van der Waals surface area contributed by atoms with Gasteiger partial charge in [-0.2, -0.15) is 0 Å². The normalized spacial score (nSPS) is 25.0. The molecule has 326 valence electrons. The van der Waals surface area contributed by atoms with E-state index in [0.717, 1.165) is 34.9 Å². The van der Waals surface area contributed by atoms with Crippen LogP contribution in [0.25, 0.3) is 10.1 Å². The van der Waals surface area contributed by atoms with Crippen LogP contribution in [0.3, 0.4) is 0 Å². The molecular formula is C46H52N5O9PS. The third-order valence-corrected chi connectivity index (χ3v) is 16.0. The van der Waals surface area contributed by atoms with Gasteiger partial charge in [0.15, 0.2) is 0 Å². The van der Waals surface area contributed by atoms with Gasteiger partial charge in [-0.1, -0.05) is 54.6 Å². The number of para-hydroxylation sites is 1. The minimum atomic E-state index is -3.76. The first kappa shape index (κ1) is 42.2. The highest BCUT2D eigenvalue weighted by atomic mass is 32.1. The monoisotopic (exact) mass is 881 g/mol. The summed E-state index contributed by atoms with van der Waals surface area (Å²) >= 11 is 1.30. The summed E-state index contributed by atoms with van der Waals surface area (Å²) in [7, 11) is -3.76. The summed E-state index contributed by atoms with van der Waals surface area (Å²) in [6, 6.07) is 23.0. The van der Waals surface area contributed by atoms with Crippen LogP contribution in [0.5, 0.6) is 5.75 Å². The van der Waals surface area contributed by atoms with Crippen LogP contribution in [0, 0.1) is 17.8 Å². The second kappa shape index (κ2) is 18.0. The molecule has 4 aliphatic heterocycles. The van der Waals surface area contributed by atoms with Crippen LogP contribution in [0.15, 0.2) is 84.9 Å². The molecule has 9 rings (SSSR count). The summed E-state index contributed by atoms with van der Waals surface area (Å²) in [5.41, 5.74) is 1.50. The number of benzene rings is 3. The van der Waals surface area contributed by atoms with Gasteiger partial charge in [0, 0.05) is 36.9 Å². The lowest BCUT2D eigenvalue weighted by Crippen LogP contribution is -2.62. The Morgan fingerprint density at radius 2 is 1.58 bits per heavy atom. The third-order valence-electron chi connectivity index (χ3n) is 12.9. The van der Waals surface area contributed by atoms with Crippen molar-refractivity contribution in [3.63, 3.8) is 0 Å². The van der Waals surface area contributed by atoms with Gasteiger partial charge < -0.3 is 34.0 Å². The Labute approximate surface area is 364 Å². The molecule has 4 aromatic rings. The smallest absolute Gasteiger partial charge is 0.323 e. The van der Waals surface area contributed by atoms with E-state index in [2.05, 4.69) is 10.4 Å². The first-order chi connectivity index (χ1) is 30.0. The number of carbonyl (C=O) groups excluding carboxylic acids is 5. The molecule has 0 radical (unpaired) electrons. The summed E-state index contributed by atoms with van der Waals surface area (Å²) in [6.07, 6.45) is 3.66. The van der Waals surface area contributed by atoms with Gasteiger partial charge in [-0.25, -0.2) is 5.09 Å². The number of amides is 4. The summed E-state index contributed by atoms with van der Waals surface area (Å²) < 4.78 is 32.4. The van der Waals surface area contributed by atoms with E-state index in [0.29, 0.717) is 80.3 Å². The van der Waals surface area contributed by atoms with Crippen molar-refractivity contribution >= 4 is 58.5 Å². The zero-order valence-corrected chi connectivity index (χ0v) is 36.4. The molecule has 1 aliphatic carbocycles. The average molecular weight is 882 g/mol. The minimum absolute atomic E-state index is 0.0518. The number of nitrogens with one attached hydrogen (secondary N) is 2. The topological polar surface area (TPSA) is 164 Å². The third kappa shape index (κ3) is 9.32. The zero-order valence-electron chi connectivity index (χ0n) is 34.7. The first-order valence-corrected chi connectivity index (χ1v) is 24.3. The summed E-state index contributed by atoms with van der Waals surface area (Å²) in [5.74, 6) is -0.243. The molecule has 1 saturated carbocycles. The Morgan fingerprint density at radius 1 is 0.855 bits per heavy atom. The number of ether oxygens (including phenoxy) is 2. The van der Waals surface area contributed by atoms with Crippen molar-refractivity contribution < 1.29 is 42.5 Å². The Hall–Kier alpha value is -5.08. The van der Waals surface area contributed by atoms with Crippen molar-refractivity contribution in [1.29, 1.82) is 0 Å². The maximum absolute atomic E-state index is 14.5. The van der Waals surface area contributed by atoms with Crippen molar-refractivity contribution in [3.8, 4) is 5.75 Å². The maximum Gasteiger partial charge on any atom is 0.323 e. The number of hydrogen-bond donors (Lipinski definition) is 2. The molecule has 7 atom stereocenters. The molecule has 16 heteroatoms. The molecule has 1 unspecified atom stereocenters. The Kier molecular flexibility index (Phi) is 12.2. The second-order valence-electron chi connectivity index (χ2n) is 17.3. The van der Waals surface area contributed by atoms with E-state index in [1.807, 2.05) is 59.5 Å². The molecule has 5 heterocycles. The summed E-state index contributed by atoms with van der Waals surface area (Å²) in [5, 5.41) is 6.77. The van der Waals surface area contributed by atoms with Gasteiger partial charge in [-0.15, -0.1) is 11.3 Å². The fourth-order valence-corrected chi connectivity index (χ4v) is 12.4. The molecular weight excluding hydrogens is 830 g/mol. The molecule has 2 N–H and O–H groups in total. The second-order valence-corrected chi connectivity index (χ2v) is 20.5. The number of hydrogen-bond acceptors (Lipinski definition) is 10. The summed E-state index contributed by atoms with van der Waals surface area (Å²) in [4.78, 5) is 74.1. The number of nitrogens with zero attached hydrogens (tertiary/aromatic N) is 3. The van der Waals surface area contributed by atoms with Gasteiger partial charge in [0.05, 0.1) is 30.2 Å². The lowest BCUT2D eigenvalue weighted by Gasteiger charge is -2.44. The number of likely N-dealkylation sites (tertiary alicyclic amines) is 1. The number of fused-ring (bicyclic) bond motifs is 3. The van der Waals surface area contributed by atoms with Gasteiger partial charge in [-0.05, 0) is 97.7 Å². The number of morpholine rings is 1. The van der Waals surface area contributed by atoms with Gasteiger partial charge in [0.2, 0.25) is 17.7 Å². The number of rotatable bonds is 13. The molecule has 0 bridgehead atoms. The molecule has 4 saturated heterocycles. The highest BCUT2D eigenvalue weighted by Gasteiger charge is 2.53. The van der Waals surface area contributed by atoms with Crippen LogP contribution in [0.1, 0.15) is 59.8 Å². The molecule has 5 aliphatic rings. The molecule has 5 fully saturated rings. The predicted octanol–water partition coefficient (Wildman–Crippen LogP) is 5.60. The molecule has 3 aromatic carbocycles. The zero-order chi connectivity index (χ0) is 43.0. The van der Waals surface area contributed by atoms with E-state index in [4.69, 9.17) is 14.0 Å². The molecule has 0 spiro atoms. The maximum atomic E-state index is 14.5. The largest absolute Gasteiger partial charge is 0.460 e. The van der Waals surface area contributed by atoms with Crippen molar-refractivity contribution in [1.82, 2.24) is 25.1 Å². The molecule has 62 heavy (non-hydrogen) atoms. The summed E-state index contributed by atoms with van der Waals surface area (Å²) in [6.45, 7) is 4.56. The van der Waals surface area contributed by atoms with Gasteiger partial charge in [0.1, 0.15) is 30.5 Å². The van der Waals surface area contributed by atoms with E-state index < -0.39 is 31.6 Å². The van der Waals surface area contributed by atoms with Gasteiger partial charge in [0.25, 0.3) is 5.91 Å². The Balaban J connectivity index is 0.864. The highest BCUT2D eigenvalue weighted by molar-refractivity contribution is 7.56. The SMILES string of the molecule is C[C@@H](NP(=O)(Cc1ccc2sc(C(=O)N[C@H]3C[C@@H]4C[C@@H]4C[C@H]4CC[C@@H](C(=O)N5CC(C(=O)N6CCOCC6)C5)N4C3=O)cc2c1)Oc1ccccc1)C(=O)OCc1ccccc1. The Bertz CT molecular complexity index is 2370. The minimum Gasteiger partial charge on any atom is -0.460 e. The van der Waals surface area contributed by atoms with Crippen molar-refractivity contribution in [2.75, 3.05) is 39.4 Å². The van der Waals surface area contributed by atoms with Crippen molar-refractivity contribution in [2.45, 2.75) is 76.0 Å². The standard InChI is InChI=1S/C46H52N5O9PS/c1-29(46(56)59-27-30-8-4-2-5-9-30)48-61(57,60-37-10-6-3-7-11-37)28-31-12-15-40-34(20-31)24-41(62-40)42(52)47-38-23-33-21-32(33)22-36-13-14-39(51(36)44(38)54)45(55)50-25-35(26-50)43(53)49-16-18-58-19-17-49/h2-12,15,20,24,29,32-33,35-36,38-39H,13-14,16-19,21-23,25-28H2,1H3,(H,47,52)(H,48,57)/t29-,32-,33+,36-,38+,39+,61?/m1/s1. The van der Waals surface area contributed by atoms with Gasteiger partial charge >= 0.3 is 13.5 Å². The molecule has 14 nitrogen and oxygen atoms in total. The van der Waals surface area contributed by atoms with E-state index in [1.165, 1.54) is 11.3 Å². The van der Waals surface area contributed by atoms with Gasteiger partial charge in [-0.3, -0.25) is 28.5 Å². The van der Waals surface area contributed by atoms with E-state index >= 15 is 0 Å². The fourth-order valence-electron chi connectivity index (χ4n) is 9.43. The van der Waals surface area contributed by atoms with Crippen molar-refractivity contribution in [2.24, 2.45) is 17.8 Å². The van der Waals surface area contributed by atoms with E-state index in [-0.39, 0.29) is 48.4 Å². The van der Waals surface area contributed by atoms with Crippen LogP contribution in [0.4, 0.5) is 0 Å². The van der Waals surface area contributed by atoms with Crippen LogP contribution >= 0.6 is 18.9 Å². The van der Waals surface area contributed by atoms with Crippen LogP contribution in [0.2, 0.25) is 0 Å².